The van der Waals surface area contributed by atoms with Crippen LogP contribution in [0, 0.1) is 11.3 Å². The number of piperazine rings is 1. The number of methoxy groups -OCH3 is 4. The molecule has 2 bridgehead atoms. The number of rotatable bonds is 8. The molecule has 0 N–H and O–H groups in total. The molecule has 1 saturated heterocycles. The maximum atomic E-state index is 13.0. The molecule has 3 heterocycles. The summed E-state index contributed by atoms with van der Waals surface area (Å²) in [6.07, 6.45) is 5.46. The molecule has 0 spiro atoms. The molecule has 6 rings (SSSR count). The summed E-state index contributed by atoms with van der Waals surface area (Å²) in [4.78, 5) is 17.7. The lowest BCUT2D eigenvalue weighted by Crippen LogP contribution is -2.66. The predicted octanol–water partition coefficient (Wildman–Crippen LogP) is 5.14. The number of esters is 1. The fourth-order valence-corrected chi connectivity index (χ4v) is 7.51. The number of nitrogens with zero attached hydrogens (tertiary/aromatic N) is 3. The van der Waals surface area contributed by atoms with Crippen molar-refractivity contribution in [1.82, 2.24) is 9.80 Å². The van der Waals surface area contributed by atoms with Crippen LogP contribution in [-0.4, -0.2) is 76.0 Å². The van der Waals surface area contributed by atoms with Gasteiger partial charge >= 0.3 is 5.97 Å². The van der Waals surface area contributed by atoms with Crippen molar-refractivity contribution in [3.8, 4) is 29.1 Å². The van der Waals surface area contributed by atoms with Crippen LogP contribution in [-0.2, 0) is 22.4 Å². The van der Waals surface area contributed by atoms with Crippen LogP contribution >= 0.6 is 0 Å². The Morgan fingerprint density at radius 1 is 0.889 bits per heavy atom. The standard InChI is InChI=1S/C36H39N3O6/c1-38-27-13-12-23-16-31(41-2)34(44-5)19-26(23)36(38)28-15-24-17-32(42-3)33(43-4)18-25(24)30(39(28)29(27)20-37)21-45-35(40)14-11-22-9-7-6-8-10-22/h6-11,14,16-19,27-30,36H,12-13,15,21H2,1-5H3. The van der Waals surface area contributed by atoms with Crippen LogP contribution in [0.5, 0.6) is 23.0 Å². The average Bonchev–Trinajstić information content (AvgIpc) is 3.17. The summed E-state index contributed by atoms with van der Waals surface area (Å²) in [7, 11) is 8.67. The second-order valence-electron chi connectivity index (χ2n) is 11.7. The van der Waals surface area contributed by atoms with Crippen molar-refractivity contribution in [2.45, 2.75) is 49.5 Å². The topological polar surface area (TPSA) is 93.5 Å². The van der Waals surface area contributed by atoms with E-state index in [1.54, 1.807) is 34.5 Å². The predicted molar refractivity (Wildman–Crippen MR) is 170 cm³/mol. The molecule has 0 aromatic heterocycles. The van der Waals surface area contributed by atoms with Gasteiger partial charge in [-0.3, -0.25) is 9.80 Å². The van der Waals surface area contributed by atoms with E-state index in [0.29, 0.717) is 29.4 Å². The largest absolute Gasteiger partial charge is 0.493 e. The first-order valence-electron chi connectivity index (χ1n) is 15.2. The van der Waals surface area contributed by atoms with Gasteiger partial charge in [0.2, 0.25) is 0 Å². The third-order valence-electron chi connectivity index (χ3n) is 9.59. The zero-order valence-electron chi connectivity index (χ0n) is 26.4. The van der Waals surface area contributed by atoms with Crippen molar-refractivity contribution < 1.29 is 28.5 Å². The monoisotopic (exact) mass is 609 g/mol. The molecule has 5 unspecified atom stereocenters. The Kier molecular flexibility index (Phi) is 8.70. The summed E-state index contributed by atoms with van der Waals surface area (Å²) in [5.74, 6) is 2.17. The van der Waals surface area contributed by atoms with Crippen molar-refractivity contribution in [3.05, 3.63) is 88.5 Å². The van der Waals surface area contributed by atoms with E-state index < -0.39 is 12.0 Å². The number of ether oxygens (including phenoxy) is 5. The molecule has 0 amide bonds. The maximum Gasteiger partial charge on any atom is 0.330 e. The molecule has 9 nitrogen and oxygen atoms in total. The van der Waals surface area contributed by atoms with Crippen molar-refractivity contribution >= 4 is 12.0 Å². The molecular formula is C36H39N3O6. The van der Waals surface area contributed by atoms with Gasteiger partial charge in [0, 0.05) is 18.2 Å². The van der Waals surface area contributed by atoms with Gasteiger partial charge in [-0.25, -0.2) is 4.79 Å². The van der Waals surface area contributed by atoms with Crippen LogP contribution in [0.3, 0.4) is 0 Å². The van der Waals surface area contributed by atoms with E-state index in [9.17, 15) is 10.1 Å². The summed E-state index contributed by atoms with van der Waals surface area (Å²) >= 11 is 0. The first kappa shape index (κ1) is 30.5. The van der Waals surface area contributed by atoms with Gasteiger partial charge in [-0.1, -0.05) is 30.3 Å². The zero-order valence-corrected chi connectivity index (χ0v) is 26.4. The Hall–Kier alpha value is -4.52. The number of nitriles is 1. The second kappa shape index (κ2) is 12.8. The molecule has 1 fully saturated rings. The molecule has 9 heteroatoms. The lowest BCUT2D eigenvalue weighted by atomic mass is 9.78. The van der Waals surface area contributed by atoms with Gasteiger partial charge in [-0.05, 0) is 84.5 Å². The van der Waals surface area contributed by atoms with Crippen LogP contribution < -0.4 is 18.9 Å². The fourth-order valence-electron chi connectivity index (χ4n) is 7.51. The smallest absolute Gasteiger partial charge is 0.330 e. The number of aryl methyl sites for hydroxylation is 1. The highest BCUT2D eigenvalue weighted by molar-refractivity contribution is 5.87. The van der Waals surface area contributed by atoms with E-state index in [2.05, 4.69) is 35.0 Å². The summed E-state index contributed by atoms with van der Waals surface area (Å²) in [5.41, 5.74) is 5.31. The summed E-state index contributed by atoms with van der Waals surface area (Å²) in [6, 6.07) is 19.5. The number of fused-ring (bicyclic) bond motifs is 7. The van der Waals surface area contributed by atoms with Crippen LogP contribution in [0.1, 0.15) is 46.3 Å². The van der Waals surface area contributed by atoms with Crippen molar-refractivity contribution in [3.63, 3.8) is 0 Å². The van der Waals surface area contributed by atoms with E-state index in [1.807, 2.05) is 42.5 Å². The third kappa shape index (κ3) is 5.49. The minimum Gasteiger partial charge on any atom is -0.493 e. The molecule has 234 valence electrons. The summed E-state index contributed by atoms with van der Waals surface area (Å²) in [5, 5.41) is 10.7. The Bertz CT molecular complexity index is 1630. The van der Waals surface area contributed by atoms with Gasteiger partial charge in [0.25, 0.3) is 0 Å². The number of carbonyl (C=O) groups is 1. The normalized spacial score (nSPS) is 24.0. The van der Waals surface area contributed by atoms with Gasteiger partial charge in [0.15, 0.2) is 23.0 Å². The van der Waals surface area contributed by atoms with E-state index in [1.165, 1.54) is 11.6 Å². The van der Waals surface area contributed by atoms with Crippen LogP contribution in [0.2, 0.25) is 0 Å². The van der Waals surface area contributed by atoms with Gasteiger partial charge < -0.3 is 23.7 Å². The third-order valence-corrected chi connectivity index (χ3v) is 9.59. The van der Waals surface area contributed by atoms with E-state index >= 15 is 0 Å². The first-order chi connectivity index (χ1) is 21.9. The first-order valence-corrected chi connectivity index (χ1v) is 15.2. The SMILES string of the molecule is COc1cc2c(cc1OC)C1C3Cc4cc(OC)c(OC)cc4C(COC(=O)C=Cc4ccccc4)N3C(C#N)C(CC2)N1C. The molecule has 3 aliphatic heterocycles. The quantitative estimate of drug-likeness (QED) is 0.254. The maximum absolute atomic E-state index is 13.0. The molecule has 3 aliphatic rings. The lowest BCUT2D eigenvalue weighted by Gasteiger charge is -2.57. The van der Waals surface area contributed by atoms with Gasteiger partial charge in [0.05, 0.1) is 46.6 Å². The molecular weight excluding hydrogens is 570 g/mol. The van der Waals surface area contributed by atoms with Crippen LogP contribution in [0.15, 0.2) is 60.7 Å². The summed E-state index contributed by atoms with van der Waals surface area (Å²) in [6.45, 7) is 0.0804. The van der Waals surface area contributed by atoms with Gasteiger partial charge in [0.1, 0.15) is 12.6 Å². The highest BCUT2D eigenvalue weighted by Gasteiger charge is 2.53. The molecule has 3 aromatic carbocycles. The number of hydrogen-bond donors (Lipinski definition) is 0. The Morgan fingerprint density at radius 3 is 2.16 bits per heavy atom. The van der Waals surface area contributed by atoms with E-state index in [-0.39, 0.29) is 30.8 Å². The van der Waals surface area contributed by atoms with Gasteiger partial charge in [-0.15, -0.1) is 0 Å². The molecule has 0 saturated carbocycles. The molecule has 5 atom stereocenters. The number of likely N-dealkylation sites (N-methyl/N-ethyl adjacent to an activating group) is 1. The number of carbonyl (C=O) groups excluding carboxylic acids is 1. The van der Waals surface area contributed by atoms with Crippen molar-refractivity contribution in [2.24, 2.45) is 0 Å². The fraction of sp³-hybridized carbons (Fsp3) is 0.389. The van der Waals surface area contributed by atoms with Gasteiger partial charge in [-0.2, -0.15) is 5.26 Å². The Labute approximate surface area is 264 Å². The zero-order chi connectivity index (χ0) is 31.7. The Morgan fingerprint density at radius 2 is 1.51 bits per heavy atom. The highest BCUT2D eigenvalue weighted by Crippen LogP contribution is 2.51. The van der Waals surface area contributed by atoms with E-state index in [4.69, 9.17) is 23.7 Å². The minimum absolute atomic E-state index is 0.0430. The Balaban J connectivity index is 1.44. The molecule has 0 aliphatic carbocycles. The molecule has 3 aromatic rings. The number of benzene rings is 3. The summed E-state index contributed by atoms with van der Waals surface area (Å²) < 4.78 is 28.7. The van der Waals surface area contributed by atoms with E-state index in [0.717, 1.165) is 35.1 Å². The number of hydrogen-bond acceptors (Lipinski definition) is 9. The van der Waals surface area contributed by atoms with Crippen molar-refractivity contribution in [1.29, 1.82) is 5.26 Å². The van der Waals surface area contributed by atoms with Crippen LogP contribution in [0.4, 0.5) is 0 Å². The highest BCUT2D eigenvalue weighted by atomic mass is 16.5. The minimum atomic E-state index is -0.440. The second-order valence-corrected chi connectivity index (χ2v) is 11.7. The lowest BCUT2D eigenvalue weighted by molar-refractivity contribution is -0.142. The molecule has 0 radical (unpaired) electrons. The van der Waals surface area contributed by atoms with Crippen molar-refractivity contribution in [2.75, 3.05) is 42.1 Å². The average molecular weight is 610 g/mol. The molecule has 45 heavy (non-hydrogen) atoms. The van der Waals surface area contributed by atoms with Crippen LogP contribution in [0.25, 0.3) is 6.08 Å².